The monoisotopic (exact) mass is 771 g/mol. The van der Waals surface area contributed by atoms with Gasteiger partial charge in [-0.05, 0) is 98.1 Å². The third kappa shape index (κ3) is 5.82. The van der Waals surface area contributed by atoms with Gasteiger partial charge in [-0.25, -0.2) is 0 Å². The van der Waals surface area contributed by atoms with Gasteiger partial charge < -0.3 is 4.90 Å². The molecular weight excluding hydrogens is 731 g/mol. The van der Waals surface area contributed by atoms with Gasteiger partial charge in [-0.1, -0.05) is 184 Å². The Bertz CT molecular complexity index is 3190. The highest BCUT2D eigenvalue weighted by atomic mass is 32.1. The summed E-state index contributed by atoms with van der Waals surface area (Å²) in [5, 5.41) is 2.56. The fraction of sp³-hybridized carbons (Fsp3) is 0.0526. The quantitative estimate of drug-likeness (QED) is 0.156. The second kappa shape index (κ2) is 14.1. The normalized spacial score (nSPS) is 12.7. The van der Waals surface area contributed by atoms with Gasteiger partial charge in [0.1, 0.15) is 0 Å². The van der Waals surface area contributed by atoms with Gasteiger partial charge in [-0.2, -0.15) is 0 Å². The van der Waals surface area contributed by atoms with E-state index in [1.54, 1.807) is 0 Å². The molecule has 0 N–H and O–H groups in total. The molecule has 0 atom stereocenters. The SMILES string of the molecule is CC1(C)c2ccccc2-c2cc(-c3ccccc3N(c3ccc4sc5ccccc5c4c3)c3cccc(-c4ccccc4)c3-c3ccccc3-c3ccccc3)ccc21. The van der Waals surface area contributed by atoms with Crippen LogP contribution in [0.15, 0.2) is 212 Å². The highest BCUT2D eigenvalue weighted by Gasteiger charge is 2.35. The van der Waals surface area contributed by atoms with Gasteiger partial charge in [0.05, 0.1) is 11.4 Å². The minimum absolute atomic E-state index is 0.0619. The molecule has 280 valence electrons. The minimum atomic E-state index is -0.0619. The highest BCUT2D eigenvalue weighted by Crippen LogP contribution is 2.53. The molecule has 0 fully saturated rings. The lowest BCUT2D eigenvalue weighted by atomic mass is 9.82. The number of para-hydroxylation sites is 1. The summed E-state index contributed by atoms with van der Waals surface area (Å²) in [4.78, 5) is 2.52. The molecule has 0 spiro atoms. The molecule has 0 saturated heterocycles. The second-order valence-corrected chi connectivity index (χ2v) is 17.1. The van der Waals surface area contributed by atoms with Crippen LogP contribution in [0.4, 0.5) is 17.1 Å². The topological polar surface area (TPSA) is 3.24 Å². The van der Waals surface area contributed by atoms with Gasteiger partial charge >= 0.3 is 0 Å². The molecule has 0 aliphatic heterocycles. The van der Waals surface area contributed by atoms with Crippen LogP contribution in [0.25, 0.3) is 75.8 Å². The molecule has 0 amide bonds. The van der Waals surface area contributed by atoms with Gasteiger partial charge in [-0.15, -0.1) is 11.3 Å². The molecule has 10 aromatic rings. The van der Waals surface area contributed by atoms with Crippen LogP contribution >= 0.6 is 11.3 Å². The average molecular weight is 772 g/mol. The number of hydrogen-bond donors (Lipinski definition) is 0. The molecule has 0 radical (unpaired) electrons. The van der Waals surface area contributed by atoms with Crippen molar-refractivity contribution >= 4 is 48.6 Å². The fourth-order valence-electron chi connectivity index (χ4n) is 9.50. The number of nitrogens with zero attached hydrogens (tertiary/aromatic N) is 1. The van der Waals surface area contributed by atoms with Crippen LogP contribution in [0.5, 0.6) is 0 Å². The second-order valence-electron chi connectivity index (χ2n) is 16.0. The van der Waals surface area contributed by atoms with Gasteiger partial charge in [0.2, 0.25) is 0 Å². The van der Waals surface area contributed by atoms with E-state index in [2.05, 4.69) is 231 Å². The zero-order chi connectivity index (χ0) is 39.5. The molecule has 0 saturated carbocycles. The van der Waals surface area contributed by atoms with Crippen molar-refractivity contribution < 1.29 is 0 Å². The molecule has 1 heterocycles. The Morgan fingerprint density at radius 1 is 0.356 bits per heavy atom. The largest absolute Gasteiger partial charge is 0.309 e. The number of hydrogen-bond acceptors (Lipinski definition) is 2. The van der Waals surface area contributed by atoms with Gasteiger partial charge in [0.25, 0.3) is 0 Å². The smallest absolute Gasteiger partial charge is 0.0546 e. The third-order valence-corrected chi connectivity index (χ3v) is 13.5. The summed E-state index contributed by atoms with van der Waals surface area (Å²) in [5.41, 5.74) is 18.2. The summed E-state index contributed by atoms with van der Waals surface area (Å²) < 4.78 is 2.59. The average Bonchev–Trinajstić information content (AvgIpc) is 3.78. The fourth-order valence-corrected chi connectivity index (χ4v) is 10.6. The predicted octanol–water partition coefficient (Wildman–Crippen LogP) is 16.5. The molecule has 1 aromatic heterocycles. The molecule has 11 rings (SSSR count). The maximum Gasteiger partial charge on any atom is 0.0546 e. The van der Waals surface area contributed by atoms with Crippen LogP contribution < -0.4 is 4.90 Å². The number of rotatable bonds is 7. The van der Waals surface area contributed by atoms with Gasteiger partial charge in [-0.3, -0.25) is 0 Å². The lowest BCUT2D eigenvalue weighted by Gasteiger charge is -2.31. The van der Waals surface area contributed by atoms with E-state index < -0.39 is 0 Å². The molecule has 0 bridgehead atoms. The Balaban J connectivity index is 1.21. The lowest BCUT2D eigenvalue weighted by molar-refractivity contribution is 0.660. The zero-order valence-electron chi connectivity index (χ0n) is 33.1. The number of benzene rings is 9. The number of anilines is 3. The van der Waals surface area contributed by atoms with Gasteiger partial charge in [0.15, 0.2) is 0 Å². The van der Waals surface area contributed by atoms with Crippen molar-refractivity contribution in [2.45, 2.75) is 19.3 Å². The van der Waals surface area contributed by atoms with Crippen LogP contribution in [0.1, 0.15) is 25.0 Å². The van der Waals surface area contributed by atoms with Crippen molar-refractivity contribution in [2.75, 3.05) is 4.90 Å². The summed E-state index contributed by atoms with van der Waals surface area (Å²) in [5.74, 6) is 0. The molecule has 1 nitrogen and oxygen atoms in total. The van der Waals surface area contributed by atoms with Crippen LogP contribution in [0.2, 0.25) is 0 Å². The summed E-state index contributed by atoms with van der Waals surface area (Å²) >= 11 is 1.86. The van der Waals surface area contributed by atoms with E-state index in [1.807, 2.05) is 11.3 Å². The molecule has 9 aromatic carbocycles. The van der Waals surface area contributed by atoms with Crippen LogP contribution in [0, 0.1) is 0 Å². The first kappa shape index (κ1) is 35.2. The highest BCUT2D eigenvalue weighted by molar-refractivity contribution is 7.25. The first-order chi connectivity index (χ1) is 29.0. The Morgan fingerprint density at radius 2 is 0.932 bits per heavy atom. The van der Waals surface area contributed by atoms with Crippen LogP contribution in [-0.2, 0) is 5.41 Å². The minimum Gasteiger partial charge on any atom is -0.309 e. The number of fused-ring (bicyclic) bond motifs is 6. The molecule has 1 aliphatic rings. The van der Waals surface area contributed by atoms with Crippen molar-refractivity contribution in [3.8, 4) is 55.6 Å². The zero-order valence-corrected chi connectivity index (χ0v) is 33.9. The summed E-state index contributed by atoms with van der Waals surface area (Å²) in [6.45, 7) is 4.71. The van der Waals surface area contributed by atoms with E-state index in [1.165, 1.54) is 86.9 Å². The van der Waals surface area contributed by atoms with Crippen molar-refractivity contribution in [2.24, 2.45) is 0 Å². The van der Waals surface area contributed by atoms with Crippen molar-refractivity contribution in [1.82, 2.24) is 0 Å². The van der Waals surface area contributed by atoms with E-state index in [9.17, 15) is 0 Å². The molecule has 0 unspecified atom stereocenters. The van der Waals surface area contributed by atoms with E-state index >= 15 is 0 Å². The van der Waals surface area contributed by atoms with E-state index in [0.29, 0.717) is 0 Å². The first-order valence-corrected chi connectivity index (χ1v) is 21.2. The molecular formula is C57H41NS. The summed E-state index contributed by atoms with van der Waals surface area (Å²) in [6, 6.07) is 78.3. The van der Waals surface area contributed by atoms with Crippen molar-refractivity contribution in [3.05, 3.63) is 223 Å². The van der Waals surface area contributed by atoms with E-state index in [-0.39, 0.29) is 5.41 Å². The lowest BCUT2D eigenvalue weighted by Crippen LogP contribution is -2.15. The molecule has 2 heteroatoms. The standard InChI is InChI=1S/C57H41NS/c1-57(2)50-28-14-11-24-45(50)48-36-40(32-34-51(48)57)43-23-12-15-29-52(43)58(41-33-35-55-49(37-41)46-25-13-16-31-54(46)59-55)53-30-17-27-44(39-20-7-4-8-21-39)56(53)47-26-10-9-22-42(47)38-18-5-3-6-19-38/h3-37H,1-2H3. The molecule has 59 heavy (non-hydrogen) atoms. The molecule has 1 aliphatic carbocycles. The Hall–Kier alpha value is -7.00. The first-order valence-electron chi connectivity index (χ1n) is 20.4. The summed E-state index contributed by atoms with van der Waals surface area (Å²) in [7, 11) is 0. The Kier molecular flexibility index (Phi) is 8.43. The van der Waals surface area contributed by atoms with Crippen molar-refractivity contribution in [3.63, 3.8) is 0 Å². The maximum atomic E-state index is 2.52. The van der Waals surface area contributed by atoms with E-state index in [4.69, 9.17) is 0 Å². The van der Waals surface area contributed by atoms with Crippen molar-refractivity contribution in [1.29, 1.82) is 0 Å². The third-order valence-electron chi connectivity index (χ3n) is 12.3. The predicted molar refractivity (Wildman–Crippen MR) is 253 cm³/mol. The number of thiophene rings is 1. The maximum absolute atomic E-state index is 2.52. The summed E-state index contributed by atoms with van der Waals surface area (Å²) in [6.07, 6.45) is 0. The van der Waals surface area contributed by atoms with Gasteiger partial charge in [0, 0.05) is 42.4 Å². The van der Waals surface area contributed by atoms with Crippen LogP contribution in [0.3, 0.4) is 0 Å². The Morgan fingerprint density at radius 3 is 1.73 bits per heavy atom. The van der Waals surface area contributed by atoms with Crippen LogP contribution in [-0.4, -0.2) is 0 Å². The Labute approximate surface area is 350 Å². The van der Waals surface area contributed by atoms with E-state index in [0.717, 1.165) is 17.1 Å².